The monoisotopic (exact) mass is 899 g/mol. The van der Waals surface area contributed by atoms with Gasteiger partial charge in [0.25, 0.3) is 11.8 Å². The van der Waals surface area contributed by atoms with Crippen LogP contribution in [0.2, 0.25) is 0 Å². The number of primary amides is 2. The van der Waals surface area contributed by atoms with E-state index in [1.807, 2.05) is 43.3 Å². The fourth-order valence-corrected chi connectivity index (χ4v) is 10.2. The fourth-order valence-electron chi connectivity index (χ4n) is 8.21. The molecule has 330 valence electrons. The average molecular weight is 900 g/mol. The number of nitrogens with one attached hydrogen (secondary N) is 5. The molecule has 4 heterocycles. The maximum absolute atomic E-state index is 14.1. The lowest BCUT2D eigenvalue weighted by Gasteiger charge is -2.35. The van der Waals surface area contributed by atoms with Crippen molar-refractivity contribution in [2.24, 2.45) is 11.5 Å². The first-order valence-corrected chi connectivity index (χ1v) is 22.8. The molecule has 2 unspecified atom stereocenters. The number of amides is 6. The zero-order valence-electron chi connectivity index (χ0n) is 35.5. The van der Waals surface area contributed by atoms with Gasteiger partial charge in [0.2, 0.25) is 0 Å². The van der Waals surface area contributed by atoms with Crippen molar-refractivity contribution < 1.29 is 23.6 Å². The molecule has 6 aromatic rings. The van der Waals surface area contributed by atoms with Gasteiger partial charge in [0.1, 0.15) is 15.6 Å². The van der Waals surface area contributed by atoms with Crippen LogP contribution < -0.4 is 47.9 Å². The second-order valence-electron chi connectivity index (χ2n) is 16.3. The smallest absolute Gasteiger partial charge is 0.316 e. The molecule has 2 fully saturated rings. The van der Waals surface area contributed by atoms with E-state index in [4.69, 9.17) is 11.5 Å². The van der Waals surface area contributed by atoms with Crippen molar-refractivity contribution in [2.75, 3.05) is 60.7 Å². The lowest BCUT2D eigenvalue weighted by atomic mass is 9.98. The number of hydrogen-bond acceptors (Lipinski definition) is 9. The third kappa shape index (κ3) is 10.4. The van der Waals surface area contributed by atoms with Crippen molar-refractivity contribution in [3.63, 3.8) is 0 Å². The van der Waals surface area contributed by atoms with Crippen LogP contribution in [0.1, 0.15) is 45.0 Å². The first-order chi connectivity index (χ1) is 30.9. The van der Waals surface area contributed by atoms with Gasteiger partial charge in [-0.05, 0) is 126 Å². The summed E-state index contributed by atoms with van der Waals surface area (Å²) in [5.41, 5.74) is 19.2. The van der Waals surface area contributed by atoms with Crippen LogP contribution in [0.25, 0.3) is 43.1 Å². The average Bonchev–Trinajstić information content (AvgIpc) is 3.91. The van der Waals surface area contributed by atoms with Gasteiger partial charge in [-0.15, -0.1) is 22.7 Å². The van der Waals surface area contributed by atoms with Crippen LogP contribution in [0, 0.1) is 5.82 Å². The molecule has 4 aromatic carbocycles. The quantitative estimate of drug-likeness (QED) is 0.0641. The van der Waals surface area contributed by atoms with Gasteiger partial charge in [0, 0.05) is 66.9 Å². The molecular formula is C48H50FN9O4S2. The van der Waals surface area contributed by atoms with Crippen LogP contribution in [0.15, 0.2) is 103 Å². The maximum Gasteiger partial charge on any atom is 0.316 e. The molecule has 0 radical (unpaired) electrons. The molecule has 2 aromatic heterocycles. The Morgan fingerprint density at radius 2 is 1.23 bits per heavy atom. The molecule has 9 N–H and O–H groups in total. The standard InChI is InChI=1S/C48H50FN9O4S2/c1-57(2)37-16-12-29(13-17-37)32-21-33(42-25-40(56-48(51)62)43(64-42)45(59)53-35-8-4-18-52-26-35)23-38(22-32)58-19-5-9-36(27-58)54-46(60)44-39(55-47(50)61)24-41(63-44)31-7-3-6-30(20-31)28-10-14-34(49)15-11-28/h3,6-7,10-17,20-25,35-36,52H,4-5,8-9,18-19,26-27H2,1-2H3,(H,53,59)(H,54,60)(H3,50,55,61)(H3,51,56,62). The number of urea groups is 2. The summed E-state index contributed by atoms with van der Waals surface area (Å²) in [5, 5.41) is 15.0. The number of halogens is 1. The normalized spacial score (nSPS) is 16.1. The summed E-state index contributed by atoms with van der Waals surface area (Å²) < 4.78 is 13.7. The number of rotatable bonds is 12. The molecule has 2 aliphatic rings. The Morgan fingerprint density at radius 1 is 0.672 bits per heavy atom. The maximum atomic E-state index is 14.1. The molecule has 6 amide bonds. The topological polar surface area (TPSA) is 187 Å². The van der Waals surface area contributed by atoms with Gasteiger partial charge < -0.3 is 47.9 Å². The zero-order chi connectivity index (χ0) is 44.9. The van der Waals surface area contributed by atoms with Crippen molar-refractivity contribution in [3.05, 3.63) is 119 Å². The molecule has 2 atom stereocenters. The first kappa shape index (κ1) is 43.9. The Labute approximate surface area is 379 Å². The highest BCUT2D eigenvalue weighted by molar-refractivity contribution is 7.18. The molecule has 64 heavy (non-hydrogen) atoms. The number of carbonyl (C=O) groups excluding carboxylic acids is 4. The largest absolute Gasteiger partial charge is 0.378 e. The molecule has 2 aliphatic heterocycles. The minimum Gasteiger partial charge on any atom is -0.378 e. The summed E-state index contributed by atoms with van der Waals surface area (Å²) >= 11 is 2.54. The van der Waals surface area contributed by atoms with Gasteiger partial charge in [-0.2, -0.15) is 0 Å². The lowest BCUT2D eigenvalue weighted by molar-refractivity contribution is 0.0928. The Balaban J connectivity index is 1.08. The van der Waals surface area contributed by atoms with Crippen LogP contribution >= 0.6 is 22.7 Å². The summed E-state index contributed by atoms with van der Waals surface area (Å²) in [7, 11) is 3.99. The molecule has 2 saturated heterocycles. The summed E-state index contributed by atoms with van der Waals surface area (Å²) in [6.07, 6.45) is 3.35. The van der Waals surface area contributed by atoms with E-state index in [1.54, 1.807) is 24.3 Å². The van der Waals surface area contributed by atoms with Gasteiger partial charge in [0.15, 0.2) is 0 Å². The zero-order valence-corrected chi connectivity index (χ0v) is 37.1. The number of nitrogens with zero attached hydrogens (tertiary/aromatic N) is 2. The van der Waals surface area contributed by atoms with Gasteiger partial charge in [0.05, 0.1) is 11.4 Å². The minimum atomic E-state index is -0.785. The van der Waals surface area contributed by atoms with E-state index >= 15 is 0 Å². The summed E-state index contributed by atoms with van der Waals surface area (Å²) in [5.74, 6) is -0.928. The van der Waals surface area contributed by atoms with Crippen molar-refractivity contribution in [1.82, 2.24) is 16.0 Å². The van der Waals surface area contributed by atoms with Crippen LogP contribution in [-0.2, 0) is 0 Å². The SMILES string of the molecule is CN(C)c1ccc(-c2cc(-c3cc(NC(N)=O)c(C(=O)NC4CCCNC4)s3)cc(N3CCCC(NC(=O)c4sc(-c5cccc(-c6ccc(F)cc6)c5)cc4NC(N)=O)C3)c2)cc1. The van der Waals surface area contributed by atoms with E-state index in [1.165, 1.54) is 34.8 Å². The first-order valence-electron chi connectivity index (χ1n) is 21.1. The highest BCUT2D eigenvalue weighted by Crippen LogP contribution is 2.41. The van der Waals surface area contributed by atoms with E-state index in [2.05, 4.69) is 73.9 Å². The van der Waals surface area contributed by atoms with Crippen molar-refractivity contribution >= 4 is 69.3 Å². The summed E-state index contributed by atoms with van der Waals surface area (Å²) in [6, 6.07) is 30.3. The van der Waals surface area contributed by atoms with Gasteiger partial charge in [-0.25, -0.2) is 14.0 Å². The molecule has 16 heteroatoms. The Hall–Kier alpha value is -6.75. The summed E-state index contributed by atoms with van der Waals surface area (Å²) in [6.45, 7) is 2.82. The van der Waals surface area contributed by atoms with Crippen LogP contribution in [0.5, 0.6) is 0 Å². The number of benzene rings is 4. The van der Waals surface area contributed by atoms with Crippen molar-refractivity contribution in [2.45, 2.75) is 37.8 Å². The molecule has 0 aliphatic carbocycles. The van der Waals surface area contributed by atoms with E-state index in [9.17, 15) is 23.6 Å². The lowest BCUT2D eigenvalue weighted by Crippen LogP contribution is -2.47. The second kappa shape index (κ2) is 19.3. The van der Waals surface area contributed by atoms with Gasteiger partial charge in [-0.1, -0.05) is 42.5 Å². The van der Waals surface area contributed by atoms with E-state index < -0.39 is 12.1 Å². The number of hydrogen-bond donors (Lipinski definition) is 7. The Bertz CT molecular complexity index is 2680. The van der Waals surface area contributed by atoms with E-state index in [0.717, 1.165) is 93.3 Å². The molecule has 0 spiro atoms. The van der Waals surface area contributed by atoms with Crippen LogP contribution in [-0.4, -0.2) is 76.2 Å². The highest BCUT2D eigenvalue weighted by atomic mass is 32.1. The van der Waals surface area contributed by atoms with Crippen molar-refractivity contribution in [1.29, 1.82) is 0 Å². The van der Waals surface area contributed by atoms with Gasteiger partial charge in [-0.3, -0.25) is 9.59 Å². The number of nitrogens with two attached hydrogens (primary N) is 2. The minimum absolute atomic E-state index is 0.0280. The molecule has 8 rings (SSSR count). The third-order valence-electron chi connectivity index (χ3n) is 11.4. The van der Waals surface area contributed by atoms with Crippen LogP contribution in [0.4, 0.5) is 36.7 Å². The second-order valence-corrected chi connectivity index (χ2v) is 18.4. The predicted molar refractivity (Wildman–Crippen MR) is 257 cm³/mol. The van der Waals surface area contributed by atoms with Crippen molar-refractivity contribution in [3.8, 4) is 43.1 Å². The van der Waals surface area contributed by atoms with E-state index in [-0.39, 0.29) is 29.7 Å². The van der Waals surface area contributed by atoms with Gasteiger partial charge >= 0.3 is 12.1 Å². The number of anilines is 4. The number of thiophene rings is 2. The van der Waals surface area contributed by atoms with Crippen LogP contribution in [0.3, 0.4) is 0 Å². The molecular weight excluding hydrogens is 850 g/mol. The molecule has 13 nitrogen and oxygen atoms in total. The fraction of sp³-hybridized carbons (Fsp3) is 0.250. The predicted octanol–water partition coefficient (Wildman–Crippen LogP) is 8.54. The summed E-state index contributed by atoms with van der Waals surface area (Å²) in [4.78, 5) is 58.6. The Morgan fingerprint density at radius 3 is 1.86 bits per heavy atom. The molecule has 0 saturated carbocycles. The third-order valence-corrected chi connectivity index (χ3v) is 13.8. The highest BCUT2D eigenvalue weighted by Gasteiger charge is 2.27. The number of carbonyl (C=O) groups is 4. The molecule has 0 bridgehead atoms. The van der Waals surface area contributed by atoms with E-state index in [0.29, 0.717) is 34.2 Å². The Kier molecular flexibility index (Phi) is 13.3. The number of piperidine rings is 2.